The smallest absolute Gasteiger partial charge is 0.130 e. The van der Waals surface area contributed by atoms with E-state index in [9.17, 15) is 0 Å². The van der Waals surface area contributed by atoms with Crippen LogP contribution in [0.5, 0.6) is 5.75 Å². The first kappa shape index (κ1) is 9.58. The lowest BCUT2D eigenvalue weighted by molar-refractivity contribution is 0.242. The van der Waals surface area contributed by atoms with Crippen molar-refractivity contribution in [3.63, 3.8) is 0 Å². The molecule has 1 aromatic carbocycles. The molecule has 0 radical (unpaired) electrons. The van der Waals surface area contributed by atoms with Gasteiger partial charge >= 0.3 is 0 Å². The van der Waals surface area contributed by atoms with Crippen molar-refractivity contribution in [1.29, 1.82) is 5.41 Å². The van der Waals surface area contributed by atoms with E-state index >= 15 is 0 Å². The Morgan fingerprint density at radius 1 is 1.38 bits per heavy atom. The number of amidine groups is 1. The summed E-state index contributed by atoms with van der Waals surface area (Å²) in [5.74, 6) is 0.709. The number of hydrogen-bond acceptors (Lipinski definition) is 2. The molecule has 0 bridgehead atoms. The SMILES string of the molecule is CC(C)Oc1ccccc1C(=N)N. The molecule has 0 spiro atoms. The Hall–Kier alpha value is -1.51. The molecule has 0 heterocycles. The molecule has 0 saturated heterocycles. The number of nitrogens with one attached hydrogen (secondary N) is 1. The molecular formula is C10H14N2O. The molecule has 3 nitrogen and oxygen atoms in total. The predicted octanol–water partition coefficient (Wildman–Crippen LogP) is 1.76. The minimum Gasteiger partial charge on any atom is -0.490 e. The normalized spacial score (nSPS) is 10.1. The second-order valence-electron chi connectivity index (χ2n) is 3.08. The van der Waals surface area contributed by atoms with Crippen LogP contribution in [0.2, 0.25) is 0 Å². The highest BCUT2D eigenvalue weighted by molar-refractivity contribution is 5.97. The van der Waals surface area contributed by atoms with E-state index in [1.54, 1.807) is 6.07 Å². The average molecular weight is 178 g/mol. The lowest BCUT2D eigenvalue weighted by Gasteiger charge is -2.12. The van der Waals surface area contributed by atoms with Crippen LogP contribution in [0.3, 0.4) is 0 Å². The van der Waals surface area contributed by atoms with E-state index in [4.69, 9.17) is 15.9 Å². The topological polar surface area (TPSA) is 59.1 Å². The maximum Gasteiger partial charge on any atom is 0.130 e. The molecule has 0 amide bonds. The third-order valence-electron chi connectivity index (χ3n) is 1.54. The van der Waals surface area contributed by atoms with Gasteiger partial charge in [-0.15, -0.1) is 0 Å². The van der Waals surface area contributed by atoms with E-state index < -0.39 is 0 Å². The Bertz CT molecular complexity index is 308. The van der Waals surface area contributed by atoms with Gasteiger partial charge in [0.05, 0.1) is 11.7 Å². The summed E-state index contributed by atoms with van der Waals surface area (Å²) in [6, 6.07) is 7.30. The van der Waals surface area contributed by atoms with E-state index in [2.05, 4.69) is 0 Å². The number of benzene rings is 1. The van der Waals surface area contributed by atoms with Crippen LogP contribution >= 0.6 is 0 Å². The summed E-state index contributed by atoms with van der Waals surface area (Å²) in [5.41, 5.74) is 6.04. The molecule has 13 heavy (non-hydrogen) atoms. The van der Waals surface area contributed by atoms with Gasteiger partial charge in [0.2, 0.25) is 0 Å². The Kier molecular flexibility index (Phi) is 2.90. The Labute approximate surface area is 78.0 Å². The van der Waals surface area contributed by atoms with Gasteiger partial charge in [-0.25, -0.2) is 0 Å². The standard InChI is InChI=1S/C10H14N2O/c1-7(2)13-9-6-4-3-5-8(9)10(11)12/h3-7H,1-2H3,(H3,11,12). The molecule has 0 aliphatic heterocycles. The van der Waals surface area contributed by atoms with Crippen molar-refractivity contribution in [2.24, 2.45) is 5.73 Å². The van der Waals surface area contributed by atoms with Crippen LogP contribution < -0.4 is 10.5 Å². The van der Waals surface area contributed by atoms with Crippen LogP contribution in [0.4, 0.5) is 0 Å². The first-order valence-electron chi connectivity index (χ1n) is 4.21. The van der Waals surface area contributed by atoms with Crippen LogP contribution in [0.15, 0.2) is 24.3 Å². The second-order valence-corrected chi connectivity index (χ2v) is 3.08. The van der Waals surface area contributed by atoms with Gasteiger partial charge in [0.1, 0.15) is 11.6 Å². The Balaban J connectivity index is 2.98. The summed E-state index contributed by atoms with van der Waals surface area (Å²) < 4.78 is 5.49. The maximum absolute atomic E-state index is 7.32. The van der Waals surface area contributed by atoms with Crippen molar-refractivity contribution in [1.82, 2.24) is 0 Å². The van der Waals surface area contributed by atoms with Crippen molar-refractivity contribution >= 4 is 5.84 Å². The molecule has 70 valence electrons. The molecular weight excluding hydrogens is 164 g/mol. The van der Waals surface area contributed by atoms with Gasteiger partial charge in [0.25, 0.3) is 0 Å². The molecule has 0 fully saturated rings. The number of rotatable bonds is 3. The van der Waals surface area contributed by atoms with E-state index in [0.29, 0.717) is 11.3 Å². The van der Waals surface area contributed by atoms with Gasteiger partial charge in [-0.1, -0.05) is 12.1 Å². The number of ether oxygens (including phenoxy) is 1. The Morgan fingerprint density at radius 3 is 2.54 bits per heavy atom. The monoisotopic (exact) mass is 178 g/mol. The molecule has 0 aliphatic carbocycles. The number of nitrogens with two attached hydrogens (primary N) is 1. The molecule has 0 saturated carbocycles. The summed E-state index contributed by atoms with van der Waals surface area (Å²) in [6.45, 7) is 3.88. The fraction of sp³-hybridized carbons (Fsp3) is 0.300. The molecule has 0 atom stereocenters. The van der Waals surface area contributed by atoms with Crippen molar-refractivity contribution in [3.05, 3.63) is 29.8 Å². The zero-order chi connectivity index (χ0) is 9.84. The van der Waals surface area contributed by atoms with Gasteiger partial charge in [0, 0.05) is 0 Å². The van der Waals surface area contributed by atoms with Crippen LogP contribution in [-0.4, -0.2) is 11.9 Å². The molecule has 3 N–H and O–H groups in total. The summed E-state index contributed by atoms with van der Waals surface area (Å²) >= 11 is 0. The quantitative estimate of drug-likeness (QED) is 0.547. The van der Waals surface area contributed by atoms with Crippen LogP contribution in [-0.2, 0) is 0 Å². The van der Waals surface area contributed by atoms with Crippen LogP contribution in [0.25, 0.3) is 0 Å². The van der Waals surface area contributed by atoms with Gasteiger partial charge in [0.15, 0.2) is 0 Å². The van der Waals surface area contributed by atoms with Crippen molar-refractivity contribution in [2.75, 3.05) is 0 Å². The summed E-state index contributed by atoms with van der Waals surface area (Å²) in [5, 5.41) is 7.32. The highest BCUT2D eigenvalue weighted by Crippen LogP contribution is 2.18. The molecule has 1 rings (SSSR count). The zero-order valence-corrected chi connectivity index (χ0v) is 7.87. The summed E-state index contributed by atoms with van der Waals surface area (Å²) in [4.78, 5) is 0. The number of hydrogen-bond donors (Lipinski definition) is 2. The minimum atomic E-state index is 0.0382. The van der Waals surface area contributed by atoms with Crippen molar-refractivity contribution in [3.8, 4) is 5.75 Å². The highest BCUT2D eigenvalue weighted by Gasteiger charge is 2.06. The first-order chi connectivity index (χ1) is 6.11. The lowest BCUT2D eigenvalue weighted by Crippen LogP contribution is -2.15. The number of nitrogen functional groups attached to an aromatic ring is 1. The lowest BCUT2D eigenvalue weighted by atomic mass is 10.2. The fourth-order valence-corrected chi connectivity index (χ4v) is 1.05. The van der Waals surface area contributed by atoms with Crippen molar-refractivity contribution in [2.45, 2.75) is 20.0 Å². The van der Waals surface area contributed by atoms with Crippen molar-refractivity contribution < 1.29 is 4.74 Å². The summed E-state index contributed by atoms with van der Waals surface area (Å²) in [6.07, 6.45) is 0.0977. The molecule has 0 aromatic heterocycles. The first-order valence-corrected chi connectivity index (χ1v) is 4.21. The van der Waals surface area contributed by atoms with Gasteiger partial charge in [-0.05, 0) is 26.0 Å². The average Bonchev–Trinajstić information content (AvgIpc) is 2.03. The maximum atomic E-state index is 7.32. The van der Waals surface area contributed by atoms with Crippen LogP contribution in [0, 0.1) is 5.41 Å². The van der Waals surface area contributed by atoms with Crippen LogP contribution in [0.1, 0.15) is 19.4 Å². The van der Waals surface area contributed by atoms with Gasteiger partial charge in [-0.2, -0.15) is 0 Å². The molecule has 0 unspecified atom stereocenters. The molecule has 1 aromatic rings. The number of para-hydroxylation sites is 1. The summed E-state index contributed by atoms with van der Waals surface area (Å²) in [7, 11) is 0. The third-order valence-corrected chi connectivity index (χ3v) is 1.54. The third kappa shape index (κ3) is 2.47. The fourth-order valence-electron chi connectivity index (χ4n) is 1.05. The predicted molar refractivity (Wildman–Crippen MR) is 53.2 cm³/mol. The largest absolute Gasteiger partial charge is 0.490 e. The van der Waals surface area contributed by atoms with E-state index in [-0.39, 0.29) is 11.9 Å². The van der Waals surface area contributed by atoms with E-state index in [1.807, 2.05) is 32.0 Å². The minimum absolute atomic E-state index is 0.0382. The van der Waals surface area contributed by atoms with Gasteiger partial charge < -0.3 is 10.5 Å². The second kappa shape index (κ2) is 3.94. The van der Waals surface area contributed by atoms with E-state index in [0.717, 1.165) is 0 Å². The zero-order valence-electron chi connectivity index (χ0n) is 7.87. The van der Waals surface area contributed by atoms with Gasteiger partial charge in [-0.3, -0.25) is 5.41 Å². The molecule has 0 aliphatic rings. The highest BCUT2D eigenvalue weighted by atomic mass is 16.5. The Morgan fingerprint density at radius 2 is 2.00 bits per heavy atom. The van der Waals surface area contributed by atoms with E-state index in [1.165, 1.54) is 0 Å². The molecule has 3 heteroatoms.